The van der Waals surface area contributed by atoms with Crippen molar-refractivity contribution in [2.24, 2.45) is 0 Å². The van der Waals surface area contributed by atoms with Crippen LogP contribution in [0.25, 0.3) is 5.65 Å². The molecule has 0 aromatic carbocycles. The predicted molar refractivity (Wildman–Crippen MR) is 85.7 cm³/mol. The van der Waals surface area contributed by atoms with Crippen LogP contribution < -0.4 is 0 Å². The Bertz CT molecular complexity index is 891. The maximum absolute atomic E-state index is 9.28. The van der Waals surface area contributed by atoms with Gasteiger partial charge in [-0.25, -0.2) is 15.0 Å². The summed E-state index contributed by atoms with van der Waals surface area (Å²) in [7, 11) is 0. The summed E-state index contributed by atoms with van der Waals surface area (Å²) in [5.74, 6) is 1.36. The average Bonchev–Trinajstić information content (AvgIpc) is 2.89. The zero-order valence-corrected chi connectivity index (χ0v) is 13.5. The molecular weight excluding hydrogens is 294 g/mol. The summed E-state index contributed by atoms with van der Waals surface area (Å²) in [5, 5.41) is 10.00. The largest absolute Gasteiger partial charge is 0.307 e. The number of pyridine rings is 1. The van der Waals surface area contributed by atoms with Crippen molar-refractivity contribution in [1.29, 1.82) is 5.26 Å². The summed E-state index contributed by atoms with van der Waals surface area (Å²) in [4.78, 5) is 13.3. The van der Waals surface area contributed by atoms with Crippen molar-refractivity contribution >= 4 is 17.4 Å². The van der Waals surface area contributed by atoms with E-state index in [1.165, 1.54) is 11.8 Å². The predicted octanol–water partition coefficient (Wildman–Crippen LogP) is 3.21. The Hall–Kier alpha value is -2.39. The first-order valence-corrected chi connectivity index (χ1v) is 7.88. The zero-order valence-electron chi connectivity index (χ0n) is 12.7. The van der Waals surface area contributed by atoms with Gasteiger partial charge in [0.1, 0.15) is 28.1 Å². The van der Waals surface area contributed by atoms with Crippen LogP contribution >= 0.6 is 11.8 Å². The number of hydrogen-bond acceptors (Lipinski definition) is 5. The van der Waals surface area contributed by atoms with Gasteiger partial charge < -0.3 is 4.40 Å². The molecule has 0 aliphatic heterocycles. The third-order valence-corrected chi connectivity index (χ3v) is 4.37. The molecule has 22 heavy (non-hydrogen) atoms. The number of rotatable bonds is 3. The summed E-state index contributed by atoms with van der Waals surface area (Å²) < 4.78 is 2.02. The lowest BCUT2D eigenvalue weighted by Gasteiger charge is -2.05. The molecule has 0 unspecified atom stereocenters. The molecule has 0 saturated heterocycles. The van der Waals surface area contributed by atoms with Gasteiger partial charge >= 0.3 is 0 Å². The van der Waals surface area contributed by atoms with E-state index in [1.807, 2.05) is 49.7 Å². The summed E-state index contributed by atoms with van der Waals surface area (Å²) in [6, 6.07) is 6.24. The number of fused-ring (bicyclic) bond motifs is 1. The topological polar surface area (TPSA) is 66.9 Å². The Kier molecular flexibility index (Phi) is 3.82. The second kappa shape index (κ2) is 5.78. The van der Waals surface area contributed by atoms with E-state index in [1.54, 1.807) is 0 Å². The number of hydrogen-bond donors (Lipinski definition) is 0. The molecule has 0 N–H and O–H groups in total. The molecule has 0 atom stereocenters. The normalized spacial score (nSPS) is 10.8. The van der Waals surface area contributed by atoms with E-state index in [-0.39, 0.29) is 0 Å². The van der Waals surface area contributed by atoms with E-state index in [0.717, 1.165) is 27.6 Å². The molecule has 6 heteroatoms. The molecule has 3 aromatic heterocycles. The fourth-order valence-electron chi connectivity index (χ4n) is 2.33. The van der Waals surface area contributed by atoms with Crippen molar-refractivity contribution in [2.75, 3.05) is 0 Å². The molecular formula is C16H15N5S. The third-order valence-electron chi connectivity index (χ3n) is 3.36. The fourth-order valence-corrected chi connectivity index (χ4v) is 3.29. The van der Waals surface area contributed by atoms with Gasteiger partial charge in [0.25, 0.3) is 0 Å². The van der Waals surface area contributed by atoms with Gasteiger partial charge in [0.15, 0.2) is 0 Å². The molecule has 3 heterocycles. The fraction of sp³-hybridized carbons (Fsp3) is 0.250. The maximum atomic E-state index is 9.28. The van der Waals surface area contributed by atoms with Crippen LogP contribution in [-0.4, -0.2) is 19.4 Å². The highest BCUT2D eigenvalue weighted by Crippen LogP contribution is 2.25. The van der Waals surface area contributed by atoms with Gasteiger partial charge in [0.05, 0.1) is 11.4 Å². The lowest BCUT2D eigenvalue weighted by atomic mass is 10.3. The number of aromatic nitrogens is 4. The number of nitriles is 1. The molecule has 3 rings (SSSR count). The van der Waals surface area contributed by atoms with E-state index < -0.39 is 0 Å². The quantitative estimate of drug-likeness (QED) is 0.549. The Morgan fingerprint density at radius 3 is 2.77 bits per heavy atom. The van der Waals surface area contributed by atoms with Crippen LogP contribution in [0.15, 0.2) is 29.6 Å². The van der Waals surface area contributed by atoms with Crippen molar-refractivity contribution in [3.8, 4) is 6.07 Å². The molecule has 0 spiro atoms. The second-order valence-electron chi connectivity index (χ2n) is 5.09. The highest BCUT2D eigenvalue weighted by Gasteiger charge is 2.12. The van der Waals surface area contributed by atoms with Crippen molar-refractivity contribution in [3.05, 3.63) is 52.9 Å². The van der Waals surface area contributed by atoms with Gasteiger partial charge in [-0.3, -0.25) is 0 Å². The third kappa shape index (κ3) is 2.68. The number of aryl methyl sites for hydroxylation is 3. The molecule has 0 aliphatic rings. The van der Waals surface area contributed by atoms with Crippen LogP contribution in [-0.2, 0) is 5.75 Å². The standard InChI is InChI=1S/C16H15N5S/c1-10-5-4-6-21-8-13(20-15(10)21)9-22-16-14(7-17)11(2)18-12(3)19-16/h4-6,8H,9H2,1-3H3. The summed E-state index contributed by atoms with van der Waals surface area (Å²) in [6.07, 6.45) is 4.01. The minimum absolute atomic E-state index is 0.551. The molecule has 0 radical (unpaired) electrons. The van der Waals surface area contributed by atoms with E-state index >= 15 is 0 Å². The molecule has 110 valence electrons. The first-order valence-electron chi connectivity index (χ1n) is 6.90. The van der Waals surface area contributed by atoms with E-state index in [0.29, 0.717) is 17.1 Å². The van der Waals surface area contributed by atoms with Crippen molar-refractivity contribution in [2.45, 2.75) is 31.6 Å². The minimum Gasteiger partial charge on any atom is -0.307 e. The van der Waals surface area contributed by atoms with Crippen LogP contribution in [0.2, 0.25) is 0 Å². The van der Waals surface area contributed by atoms with Crippen LogP contribution in [0.5, 0.6) is 0 Å². The minimum atomic E-state index is 0.551. The first-order chi connectivity index (χ1) is 10.6. The Morgan fingerprint density at radius 2 is 2.05 bits per heavy atom. The molecule has 3 aromatic rings. The second-order valence-corrected chi connectivity index (χ2v) is 6.06. The van der Waals surface area contributed by atoms with Gasteiger partial charge in [-0.2, -0.15) is 5.26 Å². The SMILES string of the molecule is Cc1nc(C)c(C#N)c(SCc2cn3cccc(C)c3n2)n1. The van der Waals surface area contributed by atoms with Crippen LogP contribution in [0.1, 0.15) is 28.3 Å². The molecule has 0 aliphatic carbocycles. The van der Waals surface area contributed by atoms with Gasteiger partial charge in [-0.05, 0) is 32.4 Å². The number of imidazole rings is 1. The van der Waals surface area contributed by atoms with Crippen LogP contribution in [0.3, 0.4) is 0 Å². The van der Waals surface area contributed by atoms with Crippen LogP contribution in [0, 0.1) is 32.1 Å². The molecule has 0 saturated carbocycles. The lowest BCUT2D eigenvalue weighted by molar-refractivity contribution is 0.922. The van der Waals surface area contributed by atoms with E-state index in [4.69, 9.17) is 0 Å². The Labute approximate surface area is 133 Å². The maximum Gasteiger partial charge on any atom is 0.139 e. The van der Waals surface area contributed by atoms with E-state index in [2.05, 4.69) is 21.0 Å². The zero-order chi connectivity index (χ0) is 15.7. The smallest absolute Gasteiger partial charge is 0.139 e. The number of thioether (sulfide) groups is 1. The lowest BCUT2D eigenvalue weighted by Crippen LogP contribution is -1.99. The van der Waals surface area contributed by atoms with Gasteiger partial charge in [-0.1, -0.05) is 17.8 Å². The van der Waals surface area contributed by atoms with Crippen molar-refractivity contribution in [3.63, 3.8) is 0 Å². The Morgan fingerprint density at radius 1 is 1.23 bits per heavy atom. The molecule has 0 bridgehead atoms. The summed E-state index contributed by atoms with van der Waals surface area (Å²) in [6.45, 7) is 5.72. The highest BCUT2D eigenvalue weighted by atomic mass is 32.2. The van der Waals surface area contributed by atoms with Crippen molar-refractivity contribution in [1.82, 2.24) is 19.4 Å². The summed E-state index contributed by atoms with van der Waals surface area (Å²) in [5.41, 5.74) is 4.36. The first kappa shape index (κ1) is 14.5. The molecule has 0 fully saturated rings. The highest BCUT2D eigenvalue weighted by molar-refractivity contribution is 7.98. The van der Waals surface area contributed by atoms with E-state index in [9.17, 15) is 5.26 Å². The summed E-state index contributed by atoms with van der Waals surface area (Å²) >= 11 is 1.52. The molecule has 0 amide bonds. The van der Waals surface area contributed by atoms with Crippen LogP contribution in [0.4, 0.5) is 0 Å². The average molecular weight is 309 g/mol. The number of nitrogens with zero attached hydrogens (tertiary/aromatic N) is 5. The Balaban J connectivity index is 1.88. The monoisotopic (exact) mass is 309 g/mol. The van der Waals surface area contributed by atoms with Gasteiger partial charge in [-0.15, -0.1) is 0 Å². The van der Waals surface area contributed by atoms with Gasteiger partial charge in [0, 0.05) is 18.1 Å². The van der Waals surface area contributed by atoms with Crippen molar-refractivity contribution < 1.29 is 0 Å². The van der Waals surface area contributed by atoms with Gasteiger partial charge in [0.2, 0.25) is 0 Å². The molecule has 5 nitrogen and oxygen atoms in total.